The number of pyridine rings is 1. The van der Waals surface area contributed by atoms with Crippen molar-refractivity contribution in [3.8, 4) is 0 Å². The molecule has 2 unspecified atom stereocenters. The van der Waals surface area contributed by atoms with E-state index < -0.39 is 6.10 Å². The third kappa shape index (κ3) is 2.69. The van der Waals surface area contributed by atoms with Crippen LogP contribution in [0.4, 0.5) is 5.69 Å². The molecule has 1 saturated heterocycles. The molecule has 1 aromatic rings. The number of piperidine rings is 1. The highest BCUT2D eigenvalue weighted by Crippen LogP contribution is 2.37. The SMILES string of the molecule is CC[C@H](O)c1ccc(N2CCCC3CCCCC32)cn1. The van der Waals surface area contributed by atoms with Crippen molar-refractivity contribution in [3.63, 3.8) is 0 Å². The summed E-state index contributed by atoms with van der Waals surface area (Å²) in [6.45, 7) is 3.15. The van der Waals surface area contributed by atoms with Crippen LogP contribution in [0.1, 0.15) is 63.7 Å². The topological polar surface area (TPSA) is 36.4 Å². The van der Waals surface area contributed by atoms with Crippen molar-refractivity contribution in [2.24, 2.45) is 5.92 Å². The molecule has 2 fully saturated rings. The van der Waals surface area contributed by atoms with Gasteiger partial charge in [-0.1, -0.05) is 19.8 Å². The molecule has 0 amide bonds. The minimum atomic E-state index is -0.423. The van der Waals surface area contributed by atoms with Crippen LogP contribution in [-0.4, -0.2) is 22.7 Å². The highest BCUT2D eigenvalue weighted by Gasteiger charge is 2.33. The fourth-order valence-electron chi connectivity index (χ4n) is 3.92. The summed E-state index contributed by atoms with van der Waals surface area (Å²) < 4.78 is 0. The zero-order valence-corrected chi connectivity index (χ0v) is 12.5. The van der Waals surface area contributed by atoms with E-state index in [2.05, 4.69) is 16.0 Å². The number of nitrogens with zero attached hydrogens (tertiary/aromatic N) is 2. The number of fused-ring (bicyclic) bond motifs is 1. The second-order valence-electron chi connectivity index (χ2n) is 6.31. The summed E-state index contributed by atoms with van der Waals surface area (Å²) in [5.41, 5.74) is 2.04. The second kappa shape index (κ2) is 6.13. The molecule has 1 saturated carbocycles. The second-order valence-corrected chi connectivity index (χ2v) is 6.31. The van der Waals surface area contributed by atoms with Gasteiger partial charge in [0.2, 0.25) is 0 Å². The van der Waals surface area contributed by atoms with Gasteiger partial charge in [-0.15, -0.1) is 0 Å². The number of anilines is 1. The molecule has 3 heteroatoms. The molecule has 0 aromatic carbocycles. The minimum Gasteiger partial charge on any atom is -0.387 e. The third-order valence-electron chi connectivity index (χ3n) is 5.07. The molecule has 1 aromatic heterocycles. The number of hydrogen-bond donors (Lipinski definition) is 1. The van der Waals surface area contributed by atoms with E-state index in [1.807, 2.05) is 19.2 Å². The van der Waals surface area contributed by atoms with E-state index in [4.69, 9.17) is 0 Å². The van der Waals surface area contributed by atoms with Gasteiger partial charge in [0.05, 0.1) is 23.7 Å². The Hall–Kier alpha value is -1.09. The van der Waals surface area contributed by atoms with Crippen LogP contribution in [0, 0.1) is 5.92 Å². The molecule has 0 spiro atoms. The first kappa shape index (κ1) is 13.9. The zero-order chi connectivity index (χ0) is 13.9. The Labute approximate surface area is 122 Å². The summed E-state index contributed by atoms with van der Waals surface area (Å²) in [4.78, 5) is 7.04. The van der Waals surface area contributed by atoms with E-state index in [1.54, 1.807) is 0 Å². The van der Waals surface area contributed by atoms with E-state index >= 15 is 0 Å². The van der Waals surface area contributed by atoms with Crippen LogP contribution in [0.5, 0.6) is 0 Å². The molecular weight excluding hydrogens is 248 g/mol. The Morgan fingerprint density at radius 3 is 2.80 bits per heavy atom. The quantitative estimate of drug-likeness (QED) is 0.913. The maximum atomic E-state index is 9.84. The molecule has 2 heterocycles. The molecule has 3 nitrogen and oxygen atoms in total. The van der Waals surface area contributed by atoms with Crippen molar-refractivity contribution in [1.29, 1.82) is 0 Å². The largest absolute Gasteiger partial charge is 0.387 e. The van der Waals surface area contributed by atoms with Crippen molar-refractivity contribution in [1.82, 2.24) is 4.98 Å². The van der Waals surface area contributed by atoms with Crippen molar-refractivity contribution in [2.45, 2.75) is 64.0 Å². The van der Waals surface area contributed by atoms with Gasteiger partial charge in [0.1, 0.15) is 0 Å². The van der Waals surface area contributed by atoms with Gasteiger partial charge >= 0.3 is 0 Å². The van der Waals surface area contributed by atoms with Gasteiger partial charge in [-0.3, -0.25) is 4.98 Å². The van der Waals surface area contributed by atoms with Crippen LogP contribution in [0.3, 0.4) is 0 Å². The smallest absolute Gasteiger partial charge is 0.0957 e. The molecule has 2 aliphatic rings. The van der Waals surface area contributed by atoms with Crippen LogP contribution < -0.4 is 4.90 Å². The fraction of sp³-hybridized carbons (Fsp3) is 0.706. The van der Waals surface area contributed by atoms with Crippen molar-refractivity contribution in [3.05, 3.63) is 24.0 Å². The van der Waals surface area contributed by atoms with Crippen LogP contribution in [0.2, 0.25) is 0 Å². The van der Waals surface area contributed by atoms with E-state index in [1.165, 1.54) is 50.8 Å². The van der Waals surface area contributed by atoms with Gasteiger partial charge in [-0.05, 0) is 50.2 Å². The molecular formula is C17H26N2O. The maximum Gasteiger partial charge on any atom is 0.0957 e. The van der Waals surface area contributed by atoms with E-state index in [0.29, 0.717) is 0 Å². The Morgan fingerprint density at radius 1 is 1.25 bits per heavy atom. The van der Waals surface area contributed by atoms with Crippen molar-refractivity contribution < 1.29 is 5.11 Å². The standard InChI is InChI=1S/C17H26N2O/c1-2-17(20)15-10-9-14(12-18-15)19-11-5-7-13-6-3-4-8-16(13)19/h9-10,12-13,16-17,20H,2-8,11H2,1H3/t13?,16?,17-/m0/s1. The van der Waals surface area contributed by atoms with Crippen LogP contribution >= 0.6 is 0 Å². The Bertz CT molecular complexity index is 429. The highest BCUT2D eigenvalue weighted by atomic mass is 16.3. The minimum absolute atomic E-state index is 0.423. The monoisotopic (exact) mass is 274 g/mol. The van der Waals surface area contributed by atoms with Gasteiger partial charge in [-0.2, -0.15) is 0 Å². The average molecular weight is 274 g/mol. The summed E-state index contributed by atoms with van der Waals surface area (Å²) in [7, 11) is 0. The molecule has 3 atom stereocenters. The van der Waals surface area contributed by atoms with Gasteiger partial charge < -0.3 is 10.0 Å². The predicted octanol–water partition coefficient (Wildman–Crippen LogP) is 3.68. The van der Waals surface area contributed by atoms with Crippen LogP contribution in [0.25, 0.3) is 0 Å². The summed E-state index contributed by atoms with van der Waals surface area (Å²) in [6, 6.07) is 4.87. The summed E-state index contributed by atoms with van der Waals surface area (Å²) in [5.74, 6) is 0.887. The first-order chi connectivity index (χ1) is 9.79. The number of aliphatic hydroxyl groups excluding tert-OH is 1. The lowest BCUT2D eigenvalue weighted by molar-refractivity contribution is 0.169. The summed E-state index contributed by atoms with van der Waals surface area (Å²) in [5, 5.41) is 9.84. The Balaban J connectivity index is 1.77. The molecule has 3 rings (SSSR count). The lowest BCUT2D eigenvalue weighted by atomic mass is 9.78. The summed E-state index contributed by atoms with van der Waals surface area (Å²) >= 11 is 0. The molecule has 1 aliphatic carbocycles. The molecule has 0 bridgehead atoms. The number of aliphatic hydroxyl groups is 1. The molecule has 110 valence electrons. The van der Waals surface area contributed by atoms with Gasteiger partial charge in [-0.25, -0.2) is 0 Å². The molecule has 20 heavy (non-hydrogen) atoms. The Kier molecular flexibility index (Phi) is 4.25. The number of rotatable bonds is 3. The normalized spacial score (nSPS) is 28.0. The van der Waals surface area contributed by atoms with Crippen molar-refractivity contribution >= 4 is 5.69 Å². The third-order valence-corrected chi connectivity index (χ3v) is 5.07. The molecule has 1 N–H and O–H groups in total. The first-order valence-corrected chi connectivity index (χ1v) is 8.20. The lowest BCUT2D eigenvalue weighted by Gasteiger charge is -2.45. The van der Waals surface area contributed by atoms with Crippen LogP contribution in [0.15, 0.2) is 18.3 Å². The van der Waals surface area contributed by atoms with Gasteiger partial charge in [0.25, 0.3) is 0 Å². The van der Waals surface area contributed by atoms with Gasteiger partial charge in [0, 0.05) is 12.6 Å². The summed E-state index contributed by atoms with van der Waals surface area (Å²) in [6.07, 6.45) is 10.5. The van der Waals surface area contributed by atoms with E-state index in [-0.39, 0.29) is 0 Å². The van der Waals surface area contributed by atoms with Gasteiger partial charge in [0.15, 0.2) is 0 Å². The predicted molar refractivity (Wildman–Crippen MR) is 81.8 cm³/mol. The lowest BCUT2D eigenvalue weighted by Crippen LogP contribution is -2.46. The number of hydrogen-bond acceptors (Lipinski definition) is 3. The van der Waals surface area contributed by atoms with E-state index in [9.17, 15) is 5.11 Å². The maximum absolute atomic E-state index is 9.84. The first-order valence-electron chi connectivity index (χ1n) is 8.20. The van der Waals surface area contributed by atoms with Crippen LogP contribution in [-0.2, 0) is 0 Å². The average Bonchev–Trinajstić information content (AvgIpc) is 2.54. The number of aromatic nitrogens is 1. The Morgan fingerprint density at radius 2 is 2.05 bits per heavy atom. The molecule has 1 aliphatic heterocycles. The zero-order valence-electron chi connectivity index (χ0n) is 12.5. The highest BCUT2D eigenvalue weighted by molar-refractivity contribution is 5.46. The van der Waals surface area contributed by atoms with E-state index in [0.717, 1.165) is 24.1 Å². The fourth-order valence-corrected chi connectivity index (χ4v) is 3.92. The van der Waals surface area contributed by atoms with Crippen molar-refractivity contribution in [2.75, 3.05) is 11.4 Å². The molecule has 0 radical (unpaired) electrons.